The fourth-order valence-corrected chi connectivity index (χ4v) is 6.50. The van der Waals surface area contributed by atoms with Crippen LogP contribution in [0, 0.1) is 11.8 Å². The number of carbonyl (C=O) groups is 3. The minimum absolute atomic E-state index is 0.142. The minimum atomic E-state index is -0.250. The van der Waals surface area contributed by atoms with Gasteiger partial charge in [0.1, 0.15) is 10.7 Å². The summed E-state index contributed by atoms with van der Waals surface area (Å²) in [6, 6.07) is 1.23. The maximum absolute atomic E-state index is 13.3. The van der Waals surface area contributed by atoms with E-state index in [1.165, 1.54) is 32.2 Å². The van der Waals surface area contributed by atoms with Gasteiger partial charge in [0.15, 0.2) is 0 Å². The van der Waals surface area contributed by atoms with Crippen molar-refractivity contribution in [2.24, 2.45) is 11.8 Å². The number of thiazole rings is 1. The van der Waals surface area contributed by atoms with Gasteiger partial charge in [0.2, 0.25) is 0 Å². The number of hydrogen-bond acceptors (Lipinski definition) is 8. The van der Waals surface area contributed by atoms with Gasteiger partial charge in [-0.1, -0.05) is 6.42 Å². The zero-order valence-electron chi connectivity index (χ0n) is 20.7. The van der Waals surface area contributed by atoms with Crippen LogP contribution in [0.1, 0.15) is 41.2 Å². The molecule has 0 spiro atoms. The van der Waals surface area contributed by atoms with Crippen LogP contribution in [0.4, 0.5) is 0 Å². The number of carbonyl (C=O) groups excluding carboxylic acids is 1. The number of hydrogen-bond donors (Lipinski definition) is 2. The van der Waals surface area contributed by atoms with Crippen LogP contribution in [0.2, 0.25) is 0 Å². The van der Waals surface area contributed by atoms with Gasteiger partial charge in [-0.3, -0.25) is 19.3 Å². The van der Waals surface area contributed by atoms with E-state index in [0.29, 0.717) is 29.6 Å². The van der Waals surface area contributed by atoms with Crippen LogP contribution >= 0.6 is 11.3 Å². The van der Waals surface area contributed by atoms with Gasteiger partial charge in [0.25, 0.3) is 18.9 Å². The molecule has 0 unspecified atom stereocenters. The van der Waals surface area contributed by atoms with Gasteiger partial charge in [-0.05, 0) is 65.8 Å². The molecule has 11 heteroatoms. The molecule has 4 heterocycles. The van der Waals surface area contributed by atoms with Crippen LogP contribution in [0.3, 0.4) is 0 Å². The highest BCUT2D eigenvalue weighted by molar-refractivity contribution is 7.09. The van der Waals surface area contributed by atoms with Crippen LogP contribution in [0.25, 0.3) is 0 Å². The average molecular weight is 498 g/mol. The summed E-state index contributed by atoms with van der Waals surface area (Å²) in [5, 5.41) is 16.8. The first-order valence-corrected chi connectivity index (χ1v) is 12.6. The Hall–Kier alpha value is -2.08. The number of aromatic nitrogens is 1. The van der Waals surface area contributed by atoms with E-state index in [2.05, 4.69) is 38.7 Å². The molecule has 3 saturated heterocycles. The zero-order chi connectivity index (χ0) is 25.3. The Morgan fingerprint density at radius 1 is 1.12 bits per heavy atom. The van der Waals surface area contributed by atoms with E-state index in [4.69, 9.17) is 19.8 Å². The van der Waals surface area contributed by atoms with Gasteiger partial charge in [-0.15, -0.1) is 11.3 Å². The van der Waals surface area contributed by atoms with Crippen molar-refractivity contribution in [1.29, 1.82) is 0 Å². The molecule has 10 nitrogen and oxygen atoms in total. The Morgan fingerprint density at radius 3 is 2.38 bits per heavy atom. The molecule has 0 radical (unpaired) electrons. The highest BCUT2D eigenvalue weighted by Crippen LogP contribution is 2.41. The van der Waals surface area contributed by atoms with Crippen molar-refractivity contribution in [3.8, 4) is 0 Å². The summed E-state index contributed by atoms with van der Waals surface area (Å²) in [4.78, 5) is 44.0. The lowest BCUT2D eigenvalue weighted by Crippen LogP contribution is -2.65. The molecule has 0 aromatic carbocycles. The molecule has 3 fully saturated rings. The van der Waals surface area contributed by atoms with Gasteiger partial charge in [0, 0.05) is 43.6 Å². The third kappa shape index (κ3) is 7.46. The van der Waals surface area contributed by atoms with Crippen molar-refractivity contribution < 1.29 is 24.6 Å². The molecule has 34 heavy (non-hydrogen) atoms. The van der Waals surface area contributed by atoms with Crippen LogP contribution in [0.15, 0.2) is 5.38 Å². The van der Waals surface area contributed by atoms with E-state index in [0.717, 1.165) is 31.2 Å². The Bertz CT molecular complexity index is 784. The summed E-state index contributed by atoms with van der Waals surface area (Å²) in [6.07, 6.45) is 5.25. The lowest BCUT2D eigenvalue weighted by Gasteiger charge is -2.57. The van der Waals surface area contributed by atoms with Crippen LogP contribution in [0.5, 0.6) is 0 Å². The summed E-state index contributed by atoms with van der Waals surface area (Å²) in [5.74, 6) is 1.35. The van der Waals surface area contributed by atoms with Crippen molar-refractivity contribution in [2.45, 2.75) is 44.3 Å². The molecule has 1 aromatic heterocycles. The normalized spacial score (nSPS) is 26.0. The van der Waals surface area contributed by atoms with E-state index in [-0.39, 0.29) is 18.9 Å². The Labute approximate surface area is 206 Å². The van der Waals surface area contributed by atoms with Crippen LogP contribution in [-0.2, 0) is 16.1 Å². The molecular formula is C23H39N5O5S. The summed E-state index contributed by atoms with van der Waals surface area (Å²) >= 11 is 1.60. The molecule has 4 atom stereocenters. The maximum Gasteiger partial charge on any atom is 0.290 e. The van der Waals surface area contributed by atoms with Crippen molar-refractivity contribution in [1.82, 2.24) is 24.6 Å². The number of fused-ring (bicyclic) bond motifs is 4. The highest BCUT2D eigenvalue weighted by Gasteiger charge is 2.48. The fraction of sp³-hybridized carbons (Fsp3) is 0.739. The highest BCUT2D eigenvalue weighted by atomic mass is 32.1. The van der Waals surface area contributed by atoms with Crippen molar-refractivity contribution in [3.05, 3.63) is 16.1 Å². The molecule has 0 saturated carbocycles. The smallest absolute Gasteiger partial charge is 0.290 e. The number of amides is 1. The van der Waals surface area contributed by atoms with Gasteiger partial charge in [-0.25, -0.2) is 4.98 Å². The maximum atomic E-state index is 13.3. The van der Waals surface area contributed by atoms with E-state index in [9.17, 15) is 4.79 Å². The van der Waals surface area contributed by atoms with Gasteiger partial charge >= 0.3 is 0 Å². The summed E-state index contributed by atoms with van der Waals surface area (Å²) in [7, 11) is 8.43. The van der Waals surface area contributed by atoms with Gasteiger partial charge in [0.05, 0.1) is 0 Å². The molecule has 1 aromatic rings. The first kappa shape index (κ1) is 28.2. The molecular weight excluding hydrogens is 458 g/mol. The largest absolute Gasteiger partial charge is 0.483 e. The zero-order valence-corrected chi connectivity index (χ0v) is 21.5. The molecule has 3 aliphatic heterocycles. The molecule has 4 rings (SSSR count). The number of likely N-dealkylation sites (N-methyl/N-ethyl adjacent to an activating group) is 1. The topological polar surface area (TPSA) is 118 Å². The number of nitrogens with zero attached hydrogens (tertiary/aromatic N) is 5. The van der Waals surface area contributed by atoms with E-state index in [1.807, 2.05) is 19.5 Å². The van der Waals surface area contributed by atoms with E-state index >= 15 is 0 Å². The first-order chi connectivity index (χ1) is 16.2. The fourth-order valence-electron chi connectivity index (χ4n) is 5.61. The molecule has 2 N–H and O–H groups in total. The summed E-state index contributed by atoms with van der Waals surface area (Å²) in [6.45, 7) is 4.43. The van der Waals surface area contributed by atoms with E-state index in [1.54, 1.807) is 11.3 Å². The monoisotopic (exact) mass is 497 g/mol. The Balaban J connectivity index is 0.000000618. The number of carboxylic acid groups (broad SMARTS) is 2. The Morgan fingerprint density at radius 2 is 1.76 bits per heavy atom. The number of rotatable bonds is 5. The van der Waals surface area contributed by atoms with Crippen molar-refractivity contribution in [3.63, 3.8) is 0 Å². The predicted octanol–water partition coefficient (Wildman–Crippen LogP) is 1.48. The predicted molar refractivity (Wildman–Crippen MR) is 131 cm³/mol. The lowest BCUT2D eigenvalue weighted by atomic mass is 9.72. The summed E-state index contributed by atoms with van der Waals surface area (Å²) in [5.41, 5.74) is 0.645. The quantitative estimate of drug-likeness (QED) is 0.583. The van der Waals surface area contributed by atoms with E-state index < -0.39 is 0 Å². The van der Waals surface area contributed by atoms with Crippen LogP contribution < -0.4 is 0 Å². The van der Waals surface area contributed by atoms with Gasteiger partial charge in [-0.2, -0.15) is 0 Å². The second-order valence-electron chi connectivity index (χ2n) is 9.67. The molecule has 3 aliphatic rings. The second-order valence-corrected chi connectivity index (χ2v) is 10.6. The second kappa shape index (κ2) is 13.7. The minimum Gasteiger partial charge on any atom is -0.483 e. The lowest BCUT2D eigenvalue weighted by molar-refractivity contribution is -0.123. The van der Waals surface area contributed by atoms with Crippen LogP contribution in [-0.4, -0.2) is 120 Å². The SMILES string of the molecule is CN(C)Cc1nc(C(=O)N2C[C@H]3C[C@@H](C2)[C@H](CN(C)C)N2CCCC[C@@H]32)cs1.O=CO.O=CO. The summed E-state index contributed by atoms with van der Waals surface area (Å²) < 4.78 is 0. The Kier molecular flexibility index (Phi) is 11.4. The number of likely N-dealkylation sites (tertiary alicyclic amines) is 1. The third-order valence-electron chi connectivity index (χ3n) is 6.68. The average Bonchev–Trinajstić information content (AvgIpc) is 3.25. The number of piperidine rings is 3. The van der Waals surface area contributed by atoms with Gasteiger partial charge < -0.3 is 24.9 Å². The van der Waals surface area contributed by atoms with Crippen molar-refractivity contribution >= 4 is 30.2 Å². The van der Waals surface area contributed by atoms with Crippen molar-refractivity contribution in [2.75, 3.05) is 54.4 Å². The molecule has 0 aliphatic carbocycles. The molecule has 2 bridgehead atoms. The molecule has 1 amide bonds. The third-order valence-corrected chi connectivity index (χ3v) is 7.52. The molecule has 192 valence electrons. The standard InChI is InChI=1S/C21H35N5OS.2CH2O2/c1-23(2)12-19-16-9-15(18-7-5-6-8-26(18)19)10-25(11-16)21(27)17-14-28-20(22-17)13-24(3)4;2*2-1-3/h14-16,18-19H,5-13H2,1-4H3;2*1H,(H,2,3)/t15-,16+,18+,19+;;/m1../s1. The first-order valence-electron chi connectivity index (χ1n) is 11.7.